The lowest BCUT2D eigenvalue weighted by Gasteiger charge is -2.26. The van der Waals surface area contributed by atoms with E-state index in [2.05, 4.69) is 26.6 Å². The summed E-state index contributed by atoms with van der Waals surface area (Å²) in [7, 11) is 0.326. The fourth-order valence-corrected chi connectivity index (χ4v) is 3.04. The summed E-state index contributed by atoms with van der Waals surface area (Å²) in [6.45, 7) is 8.81. The fourth-order valence-electron chi connectivity index (χ4n) is 1.67. The van der Waals surface area contributed by atoms with Crippen molar-refractivity contribution in [2.24, 2.45) is 5.92 Å². The van der Waals surface area contributed by atoms with Crippen LogP contribution in [0.5, 0.6) is 0 Å². The molecule has 0 radical (unpaired) electrons. The monoisotopic (exact) mass is 188 g/mol. The maximum Gasteiger partial charge on any atom is 0.187 e. The number of hydrogen-bond acceptors (Lipinski definition) is 2. The van der Waals surface area contributed by atoms with Crippen molar-refractivity contribution in [1.29, 1.82) is 0 Å². The van der Waals surface area contributed by atoms with Crippen LogP contribution in [0.3, 0.4) is 0 Å². The molecule has 0 bridgehead atoms. The first-order valence-electron chi connectivity index (χ1n) is 4.69. The molecule has 0 saturated heterocycles. The van der Waals surface area contributed by atoms with Crippen molar-refractivity contribution in [1.82, 2.24) is 0 Å². The molecule has 2 nitrogen and oxygen atoms in total. The van der Waals surface area contributed by atoms with Crippen LogP contribution >= 0.6 is 0 Å². The van der Waals surface area contributed by atoms with Crippen LogP contribution in [0.2, 0.25) is 19.6 Å². The second-order valence-corrected chi connectivity index (χ2v) is 8.97. The molecule has 3 heteroatoms. The molecule has 1 aliphatic carbocycles. The molecule has 0 spiro atoms. The van der Waals surface area contributed by atoms with Crippen LogP contribution in [0, 0.1) is 5.92 Å². The van der Waals surface area contributed by atoms with Gasteiger partial charge in [0, 0.05) is 19.4 Å². The molecule has 0 N–H and O–H groups in total. The molecular weight excluding hydrogens is 168 g/mol. The van der Waals surface area contributed by atoms with Crippen LogP contribution in [-0.2, 0) is 9.16 Å². The fraction of sp³-hybridized carbons (Fsp3) is 1.00. The van der Waals surface area contributed by atoms with Crippen molar-refractivity contribution in [2.75, 3.05) is 7.11 Å². The standard InChI is InChI=1S/C9H20O2Si/c1-6-8-7-9(8,10-2)11-12(3,4)5/h8H,6-7H2,1-5H3/t8-,9?/m0/s1. The van der Waals surface area contributed by atoms with Crippen LogP contribution in [-0.4, -0.2) is 21.2 Å². The highest BCUT2D eigenvalue weighted by molar-refractivity contribution is 6.69. The van der Waals surface area contributed by atoms with Gasteiger partial charge >= 0.3 is 0 Å². The molecule has 1 saturated carbocycles. The van der Waals surface area contributed by atoms with Crippen molar-refractivity contribution in [3.05, 3.63) is 0 Å². The van der Waals surface area contributed by atoms with E-state index in [1.807, 2.05) is 0 Å². The smallest absolute Gasteiger partial charge is 0.187 e. The Balaban J connectivity index is 2.50. The van der Waals surface area contributed by atoms with Crippen LogP contribution in [0.4, 0.5) is 0 Å². The van der Waals surface area contributed by atoms with E-state index in [0.29, 0.717) is 5.92 Å². The molecule has 0 aromatic carbocycles. The van der Waals surface area contributed by atoms with Crippen molar-refractivity contribution in [3.63, 3.8) is 0 Å². The Morgan fingerprint density at radius 1 is 1.42 bits per heavy atom. The molecule has 2 atom stereocenters. The van der Waals surface area contributed by atoms with E-state index in [1.165, 1.54) is 6.42 Å². The van der Waals surface area contributed by atoms with Gasteiger partial charge in [-0.15, -0.1) is 0 Å². The minimum atomic E-state index is -1.43. The molecule has 0 aliphatic heterocycles. The highest BCUT2D eigenvalue weighted by atomic mass is 28.4. The van der Waals surface area contributed by atoms with Gasteiger partial charge in [0.2, 0.25) is 0 Å². The van der Waals surface area contributed by atoms with Crippen LogP contribution in [0.1, 0.15) is 19.8 Å². The molecular formula is C9H20O2Si. The average Bonchev–Trinajstić information content (AvgIpc) is 2.60. The molecule has 72 valence electrons. The molecule has 12 heavy (non-hydrogen) atoms. The van der Waals surface area contributed by atoms with Crippen LogP contribution < -0.4 is 0 Å². The zero-order valence-corrected chi connectivity index (χ0v) is 9.81. The summed E-state index contributed by atoms with van der Waals surface area (Å²) in [4.78, 5) is 0. The van der Waals surface area contributed by atoms with Crippen molar-refractivity contribution in [3.8, 4) is 0 Å². The van der Waals surface area contributed by atoms with Gasteiger partial charge in [0.05, 0.1) is 0 Å². The second-order valence-electron chi connectivity index (χ2n) is 4.54. The van der Waals surface area contributed by atoms with Gasteiger partial charge in [0.25, 0.3) is 0 Å². The summed E-state index contributed by atoms with van der Waals surface area (Å²) in [6.07, 6.45) is 2.25. The molecule has 0 aromatic rings. The number of hydrogen-bond donors (Lipinski definition) is 0. The topological polar surface area (TPSA) is 18.5 Å². The highest BCUT2D eigenvalue weighted by Gasteiger charge is 2.56. The summed E-state index contributed by atoms with van der Waals surface area (Å²) in [5.74, 6) is 0.438. The number of ether oxygens (including phenoxy) is 1. The molecule has 0 heterocycles. The first-order chi connectivity index (χ1) is 5.43. The second kappa shape index (κ2) is 3.12. The van der Waals surface area contributed by atoms with Gasteiger partial charge in [-0.3, -0.25) is 0 Å². The third-order valence-corrected chi connectivity index (χ3v) is 3.27. The van der Waals surface area contributed by atoms with Crippen molar-refractivity contribution < 1.29 is 9.16 Å². The summed E-state index contributed by atoms with van der Waals surface area (Å²) >= 11 is 0. The predicted octanol–water partition coefficient (Wildman–Crippen LogP) is 2.61. The Hall–Kier alpha value is 0.137. The molecule has 0 amide bonds. The molecule has 1 unspecified atom stereocenters. The van der Waals surface area contributed by atoms with E-state index in [4.69, 9.17) is 9.16 Å². The van der Waals surface area contributed by atoms with Crippen LogP contribution in [0.15, 0.2) is 0 Å². The first-order valence-corrected chi connectivity index (χ1v) is 8.09. The zero-order valence-electron chi connectivity index (χ0n) is 8.81. The Labute approximate surface area is 76.4 Å². The third kappa shape index (κ3) is 2.09. The van der Waals surface area contributed by atoms with E-state index in [0.717, 1.165) is 6.42 Å². The molecule has 1 rings (SSSR count). The Kier molecular flexibility index (Phi) is 2.66. The van der Waals surface area contributed by atoms with Gasteiger partial charge < -0.3 is 9.16 Å². The number of methoxy groups -OCH3 is 1. The van der Waals surface area contributed by atoms with Gasteiger partial charge in [0.15, 0.2) is 14.1 Å². The van der Waals surface area contributed by atoms with Gasteiger partial charge in [0.1, 0.15) is 0 Å². The summed E-state index contributed by atoms with van der Waals surface area (Å²) in [6, 6.07) is 0. The maximum atomic E-state index is 6.01. The quantitative estimate of drug-likeness (QED) is 0.499. The van der Waals surface area contributed by atoms with Crippen LogP contribution in [0.25, 0.3) is 0 Å². The van der Waals surface area contributed by atoms with Crippen molar-refractivity contribution >= 4 is 8.32 Å². The number of rotatable bonds is 4. The van der Waals surface area contributed by atoms with Gasteiger partial charge in [-0.25, -0.2) is 0 Å². The van der Waals surface area contributed by atoms with E-state index in [1.54, 1.807) is 7.11 Å². The normalized spacial score (nSPS) is 35.2. The molecule has 1 aliphatic rings. The minimum Gasteiger partial charge on any atom is -0.391 e. The highest BCUT2D eigenvalue weighted by Crippen LogP contribution is 2.50. The Morgan fingerprint density at radius 2 is 2.00 bits per heavy atom. The molecule has 0 aromatic heterocycles. The molecule has 1 fully saturated rings. The van der Waals surface area contributed by atoms with E-state index >= 15 is 0 Å². The van der Waals surface area contributed by atoms with Crippen molar-refractivity contribution in [2.45, 2.75) is 45.2 Å². The lowest BCUT2D eigenvalue weighted by Crippen LogP contribution is -2.35. The van der Waals surface area contributed by atoms with E-state index in [9.17, 15) is 0 Å². The van der Waals surface area contributed by atoms with Gasteiger partial charge in [-0.05, 0) is 26.1 Å². The maximum absolute atomic E-state index is 6.01. The largest absolute Gasteiger partial charge is 0.391 e. The predicted molar refractivity (Wildman–Crippen MR) is 52.6 cm³/mol. The summed E-state index contributed by atoms with van der Waals surface area (Å²) < 4.78 is 11.4. The summed E-state index contributed by atoms with van der Waals surface area (Å²) in [5.41, 5.74) is 0. The third-order valence-electron chi connectivity index (χ3n) is 2.31. The zero-order chi connectivity index (χ0) is 9.41. The first kappa shape index (κ1) is 10.2. The van der Waals surface area contributed by atoms with E-state index < -0.39 is 8.32 Å². The van der Waals surface area contributed by atoms with E-state index in [-0.39, 0.29) is 5.79 Å². The van der Waals surface area contributed by atoms with Gasteiger partial charge in [-0.1, -0.05) is 6.92 Å². The lowest BCUT2D eigenvalue weighted by molar-refractivity contribution is -0.0987. The summed E-state index contributed by atoms with van der Waals surface area (Å²) in [5, 5.41) is 0. The lowest BCUT2D eigenvalue weighted by atomic mass is 10.3. The minimum absolute atomic E-state index is 0.195. The average molecular weight is 188 g/mol. The Morgan fingerprint density at radius 3 is 2.25 bits per heavy atom. The Bertz CT molecular complexity index is 164. The van der Waals surface area contributed by atoms with Gasteiger partial charge in [-0.2, -0.15) is 0 Å². The SMILES string of the molecule is CC[C@H]1CC1(OC)O[Si](C)(C)C.